The van der Waals surface area contributed by atoms with Gasteiger partial charge in [-0.1, -0.05) is 51.3 Å². The number of benzene rings is 1. The maximum atomic E-state index is 12.8. The van der Waals surface area contributed by atoms with E-state index in [1.807, 2.05) is 24.3 Å². The van der Waals surface area contributed by atoms with E-state index < -0.39 is 12.0 Å². The van der Waals surface area contributed by atoms with Crippen LogP contribution in [0.15, 0.2) is 35.5 Å². The van der Waals surface area contributed by atoms with E-state index in [4.69, 9.17) is 9.47 Å². The Balaban J connectivity index is 2.39. The van der Waals surface area contributed by atoms with Gasteiger partial charge < -0.3 is 20.1 Å². The van der Waals surface area contributed by atoms with E-state index in [0.29, 0.717) is 30.0 Å². The Kier molecular flexibility index (Phi) is 8.85. The molecule has 1 aliphatic rings. The minimum atomic E-state index is -0.595. The molecule has 1 aliphatic heterocycles. The number of para-hydroxylation sites is 1. The van der Waals surface area contributed by atoms with Gasteiger partial charge in [0.05, 0.1) is 24.8 Å². The molecule has 1 aromatic rings. The molecule has 0 aliphatic carbocycles. The molecular weight excluding hydrogens is 356 g/mol. The summed E-state index contributed by atoms with van der Waals surface area (Å²) < 4.78 is 11.3. The molecule has 1 aromatic carbocycles. The highest BCUT2D eigenvalue weighted by Gasteiger charge is 2.34. The van der Waals surface area contributed by atoms with Crippen molar-refractivity contribution in [3.8, 4) is 5.75 Å². The number of unbranched alkanes of at least 4 members (excludes halogenated alkanes) is 3. The van der Waals surface area contributed by atoms with Crippen molar-refractivity contribution in [3.63, 3.8) is 0 Å². The molecule has 0 saturated carbocycles. The van der Waals surface area contributed by atoms with Crippen LogP contribution in [0.1, 0.15) is 70.9 Å². The standard InChI is InChI=1S/C22H32N2O4/c1-4-7-11-15-28-18-14-10-9-12-16(18)20-19(21(25)27-6-3)17(13-8-5-2)23-22(26)24-20/h9-10,12,14,20H,4-8,11,13,15H2,1-3H3,(H2,23,24,26). The minimum Gasteiger partial charge on any atom is -0.493 e. The van der Waals surface area contributed by atoms with Crippen LogP contribution in [0.4, 0.5) is 4.79 Å². The molecule has 1 atom stereocenters. The molecule has 28 heavy (non-hydrogen) atoms. The minimum absolute atomic E-state index is 0.277. The number of allylic oxidation sites excluding steroid dienone is 1. The summed E-state index contributed by atoms with van der Waals surface area (Å²) in [6, 6.07) is 6.64. The molecule has 2 amide bonds. The van der Waals surface area contributed by atoms with E-state index >= 15 is 0 Å². The van der Waals surface area contributed by atoms with Crippen LogP contribution in [0, 0.1) is 0 Å². The molecule has 0 radical (unpaired) electrons. The van der Waals surface area contributed by atoms with Gasteiger partial charge in [0.1, 0.15) is 5.75 Å². The van der Waals surface area contributed by atoms with E-state index in [-0.39, 0.29) is 12.6 Å². The van der Waals surface area contributed by atoms with Gasteiger partial charge in [-0.25, -0.2) is 9.59 Å². The van der Waals surface area contributed by atoms with E-state index in [9.17, 15) is 9.59 Å². The molecule has 1 heterocycles. The molecule has 154 valence electrons. The number of carbonyl (C=O) groups excluding carboxylic acids is 2. The Hall–Kier alpha value is -2.50. The maximum absolute atomic E-state index is 12.8. The average molecular weight is 389 g/mol. The molecule has 2 rings (SSSR count). The summed E-state index contributed by atoms with van der Waals surface area (Å²) >= 11 is 0. The van der Waals surface area contributed by atoms with Crippen molar-refractivity contribution in [3.05, 3.63) is 41.1 Å². The van der Waals surface area contributed by atoms with Crippen molar-refractivity contribution in [2.75, 3.05) is 13.2 Å². The topological polar surface area (TPSA) is 76.7 Å². The number of rotatable bonds is 11. The van der Waals surface area contributed by atoms with Gasteiger partial charge >= 0.3 is 12.0 Å². The fraction of sp³-hybridized carbons (Fsp3) is 0.545. The summed E-state index contributed by atoms with van der Waals surface area (Å²) in [5.41, 5.74) is 1.86. The molecule has 0 spiro atoms. The molecule has 0 saturated heterocycles. The van der Waals surface area contributed by atoms with Crippen molar-refractivity contribution in [1.82, 2.24) is 10.6 Å². The first-order valence-corrected chi connectivity index (χ1v) is 10.3. The second-order valence-electron chi connectivity index (χ2n) is 6.84. The maximum Gasteiger partial charge on any atom is 0.338 e. The van der Waals surface area contributed by atoms with Crippen molar-refractivity contribution < 1.29 is 19.1 Å². The smallest absolute Gasteiger partial charge is 0.338 e. The summed E-state index contributed by atoms with van der Waals surface area (Å²) in [4.78, 5) is 25.1. The first-order valence-electron chi connectivity index (χ1n) is 10.3. The van der Waals surface area contributed by atoms with Crippen LogP contribution in [0.3, 0.4) is 0 Å². The molecule has 6 heteroatoms. The highest BCUT2D eigenvalue weighted by atomic mass is 16.5. The van der Waals surface area contributed by atoms with Gasteiger partial charge in [0.15, 0.2) is 0 Å². The predicted molar refractivity (Wildman–Crippen MR) is 109 cm³/mol. The van der Waals surface area contributed by atoms with Gasteiger partial charge in [-0.15, -0.1) is 0 Å². The third-order valence-corrected chi connectivity index (χ3v) is 4.66. The van der Waals surface area contributed by atoms with Crippen LogP contribution in [-0.4, -0.2) is 25.2 Å². The number of urea groups is 1. The summed E-state index contributed by atoms with van der Waals surface area (Å²) in [6.07, 6.45) is 5.64. The Morgan fingerprint density at radius 2 is 1.82 bits per heavy atom. The number of ether oxygens (including phenoxy) is 2. The van der Waals surface area contributed by atoms with Gasteiger partial charge in [-0.2, -0.15) is 0 Å². The Morgan fingerprint density at radius 1 is 1.07 bits per heavy atom. The lowest BCUT2D eigenvalue weighted by molar-refractivity contribution is -0.139. The van der Waals surface area contributed by atoms with Gasteiger partial charge in [0, 0.05) is 11.3 Å². The number of hydrogen-bond acceptors (Lipinski definition) is 4. The molecule has 2 N–H and O–H groups in total. The number of esters is 1. The third-order valence-electron chi connectivity index (χ3n) is 4.66. The van der Waals surface area contributed by atoms with Crippen LogP contribution in [0.2, 0.25) is 0 Å². The fourth-order valence-electron chi connectivity index (χ4n) is 3.24. The SMILES string of the molecule is CCCCCOc1ccccc1C1NC(=O)NC(CCCC)=C1C(=O)OCC. The number of amides is 2. The zero-order valence-corrected chi connectivity index (χ0v) is 17.2. The molecular formula is C22H32N2O4. The van der Waals surface area contributed by atoms with E-state index in [1.165, 1.54) is 0 Å². The van der Waals surface area contributed by atoms with E-state index in [2.05, 4.69) is 24.5 Å². The molecule has 6 nitrogen and oxygen atoms in total. The highest BCUT2D eigenvalue weighted by Crippen LogP contribution is 2.34. The normalized spacial score (nSPS) is 16.4. The quantitative estimate of drug-likeness (QED) is 0.428. The second kappa shape index (κ2) is 11.4. The Morgan fingerprint density at radius 3 is 2.54 bits per heavy atom. The third kappa shape index (κ3) is 5.75. The van der Waals surface area contributed by atoms with Crippen molar-refractivity contribution in [1.29, 1.82) is 0 Å². The van der Waals surface area contributed by atoms with Crippen LogP contribution in [0.25, 0.3) is 0 Å². The number of nitrogens with one attached hydrogen (secondary N) is 2. The van der Waals surface area contributed by atoms with Crippen LogP contribution in [-0.2, 0) is 9.53 Å². The van der Waals surface area contributed by atoms with E-state index in [1.54, 1.807) is 6.92 Å². The Labute approximate surface area is 167 Å². The Bertz CT molecular complexity index is 700. The molecule has 0 fully saturated rings. The lowest BCUT2D eigenvalue weighted by atomic mass is 9.93. The van der Waals surface area contributed by atoms with E-state index in [0.717, 1.165) is 37.7 Å². The molecule has 0 bridgehead atoms. The fourth-order valence-corrected chi connectivity index (χ4v) is 3.24. The number of hydrogen-bond donors (Lipinski definition) is 2. The summed E-state index contributed by atoms with van der Waals surface area (Å²) in [5, 5.41) is 5.69. The first-order chi connectivity index (χ1) is 13.6. The van der Waals surface area contributed by atoms with Gasteiger partial charge in [-0.3, -0.25) is 0 Å². The van der Waals surface area contributed by atoms with Crippen molar-refractivity contribution in [2.24, 2.45) is 0 Å². The summed E-state index contributed by atoms with van der Waals surface area (Å²) in [6.45, 7) is 6.88. The zero-order valence-electron chi connectivity index (χ0n) is 17.2. The number of carbonyl (C=O) groups is 2. The van der Waals surface area contributed by atoms with Crippen molar-refractivity contribution in [2.45, 2.75) is 65.3 Å². The first kappa shape index (κ1) is 21.8. The average Bonchev–Trinajstić information content (AvgIpc) is 2.69. The predicted octanol–water partition coefficient (Wildman–Crippen LogP) is 4.62. The van der Waals surface area contributed by atoms with Crippen LogP contribution in [0.5, 0.6) is 5.75 Å². The van der Waals surface area contributed by atoms with Gasteiger partial charge in [0.25, 0.3) is 0 Å². The lowest BCUT2D eigenvalue weighted by Gasteiger charge is -2.30. The lowest BCUT2D eigenvalue weighted by Crippen LogP contribution is -2.46. The zero-order chi connectivity index (χ0) is 20.4. The highest BCUT2D eigenvalue weighted by molar-refractivity contribution is 5.95. The summed E-state index contributed by atoms with van der Waals surface area (Å²) in [5.74, 6) is 0.273. The largest absolute Gasteiger partial charge is 0.493 e. The van der Waals surface area contributed by atoms with Crippen molar-refractivity contribution >= 4 is 12.0 Å². The monoisotopic (exact) mass is 388 g/mol. The van der Waals surface area contributed by atoms with Gasteiger partial charge in [0.2, 0.25) is 0 Å². The molecule has 1 unspecified atom stereocenters. The molecule has 0 aromatic heterocycles. The van der Waals surface area contributed by atoms with Crippen LogP contribution >= 0.6 is 0 Å². The second-order valence-corrected chi connectivity index (χ2v) is 6.84. The van der Waals surface area contributed by atoms with Crippen LogP contribution < -0.4 is 15.4 Å². The summed E-state index contributed by atoms with van der Waals surface area (Å²) in [7, 11) is 0. The van der Waals surface area contributed by atoms with Gasteiger partial charge in [-0.05, 0) is 32.3 Å².